The molecule has 0 saturated heterocycles. The van der Waals surface area contributed by atoms with Crippen molar-refractivity contribution in [3.05, 3.63) is 52.0 Å². The second-order valence-electron chi connectivity index (χ2n) is 3.40. The van der Waals surface area contributed by atoms with Crippen LogP contribution in [-0.4, -0.2) is 5.91 Å². The zero-order chi connectivity index (χ0) is 11.5. The number of thiophene rings is 1. The quantitative estimate of drug-likeness (QED) is 0.848. The summed E-state index contributed by atoms with van der Waals surface area (Å²) >= 11 is 1.35. The lowest BCUT2D eigenvalue weighted by molar-refractivity contribution is 0.103. The van der Waals surface area contributed by atoms with Crippen molar-refractivity contribution in [2.45, 2.75) is 6.92 Å². The second kappa shape index (κ2) is 4.45. The smallest absolute Gasteiger partial charge is 0.265 e. The molecule has 0 atom stereocenters. The van der Waals surface area contributed by atoms with Crippen LogP contribution in [0.2, 0.25) is 0 Å². The molecular weight excluding hydrogens is 225 g/mol. The van der Waals surface area contributed by atoms with Crippen LogP contribution in [0.25, 0.3) is 0 Å². The number of anilines is 1. The van der Waals surface area contributed by atoms with Gasteiger partial charge in [0.2, 0.25) is 0 Å². The molecule has 0 radical (unpaired) electrons. The molecule has 1 aromatic heterocycles. The predicted molar refractivity (Wildman–Crippen MR) is 63.4 cm³/mol. The van der Waals surface area contributed by atoms with Gasteiger partial charge >= 0.3 is 0 Å². The zero-order valence-corrected chi connectivity index (χ0v) is 9.48. The number of halogens is 1. The highest BCUT2D eigenvalue weighted by atomic mass is 32.1. The lowest BCUT2D eigenvalue weighted by Gasteiger charge is -2.04. The number of aryl methyl sites for hydroxylation is 1. The Kier molecular flexibility index (Phi) is 3.01. The third-order valence-corrected chi connectivity index (χ3v) is 3.04. The van der Waals surface area contributed by atoms with E-state index in [0.29, 0.717) is 16.1 Å². The van der Waals surface area contributed by atoms with E-state index in [-0.39, 0.29) is 11.7 Å². The maximum Gasteiger partial charge on any atom is 0.265 e. The molecule has 1 aromatic carbocycles. The van der Waals surface area contributed by atoms with Crippen molar-refractivity contribution in [2.24, 2.45) is 0 Å². The van der Waals surface area contributed by atoms with E-state index in [4.69, 9.17) is 0 Å². The average molecular weight is 235 g/mol. The fourth-order valence-corrected chi connectivity index (χ4v) is 1.89. The van der Waals surface area contributed by atoms with Gasteiger partial charge < -0.3 is 5.32 Å². The molecule has 1 amide bonds. The first kappa shape index (κ1) is 10.8. The number of benzene rings is 1. The molecule has 0 fully saturated rings. The molecule has 0 unspecified atom stereocenters. The molecule has 4 heteroatoms. The number of amides is 1. The summed E-state index contributed by atoms with van der Waals surface area (Å²) in [6.45, 7) is 1.68. The molecule has 0 aliphatic heterocycles. The monoisotopic (exact) mass is 235 g/mol. The highest BCUT2D eigenvalue weighted by Crippen LogP contribution is 2.16. The van der Waals surface area contributed by atoms with Gasteiger partial charge in [-0.25, -0.2) is 4.39 Å². The van der Waals surface area contributed by atoms with E-state index in [1.165, 1.54) is 17.4 Å². The maximum atomic E-state index is 13.2. The van der Waals surface area contributed by atoms with Gasteiger partial charge in [-0.05, 0) is 36.1 Å². The molecule has 1 N–H and O–H groups in total. The van der Waals surface area contributed by atoms with Crippen LogP contribution in [0.5, 0.6) is 0 Å². The Balaban J connectivity index is 2.15. The van der Waals surface area contributed by atoms with Crippen LogP contribution in [0.3, 0.4) is 0 Å². The normalized spacial score (nSPS) is 10.1. The van der Waals surface area contributed by atoms with Crippen molar-refractivity contribution in [3.8, 4) is 0 Å². The number of carbonyl (C=O) groups excluding carboxylic acids is 1. The van der Waals surface area contributed by atoms with E-state index >= 15 is 0 Å². The minimum absolute atomic E-state index is 0.210. The maximum absolute atomic E-state index is 13.2. The number of hydrogen-bond donors (Lipinski definition) is 1. The van der Waals surface area contributed by atoms with Crippen LogP contribution in [0.1, 0.15) is 15.2 Å². The van der Waals surface area contributed by atoms with Crippen molar-refractivity contribution in [1.29, 1.82) is 0 Å². The second-order valence-corrected chi connectivity index (χ2v) is 4.34. The third-order valence-electron chi connectivity index (χ3n) is 2.17. The van der Waals surface area contributed by atoms with E-state index < -0.39 is 0 Å². The summed E-state index contributed by atoms with van der Waals surface area (Å²) in [5, 5.41) is 4.47. The molecule has 82 valence electrons. The molecule has 2 aromatic rings. The Morgan fingerprint density at radius 3 is 2.81 bits per heavy atom. The lowest BCUT2D eigenvalue weighted by atomic mass is 10.2. The molecule has 0 aliphatic carbocycles. The van der Waals surface area contributed by atoms with Crippen LogP contribution < -0.4 is 5.32 Å². The summed E-state index contributed by atoms with van der Waals surface area (Å²) < 4.78 is 13.2. The Morgan fingerprint density at radius 2 is 2.19 bits per heavy atom. The first-order chi connectivity index (χ1) is 7.66. The number of nitrogens with one attached hydrogen (secondary N) is 1. The molecule has 16 heavy (non-hydrogen) atoms. The molecule has 0 saturated carbocycles. The molecule has 0 spiro atoms. The Morgan fingerprint density at radius 1 is 1.38 bits per heavy atom. The van der Waals surface area contributed by atoms with Gasteiger partial charge in [0.05, 0.1) is 4.88 Å². The largest absolute Gasteiger partial charge is 0.321 e. The summed E-state index contributed by atoms with van der Waals surface area (Å²) in [6.07, 6.45) is 0. The van der Waals surface area contributed by atoms with Crippen LogP contribution in [0.4, 0.5) is 10.1 Å². The number of hydrogen-bond acceptors (Lipinski definition) is 2. The van der Waals surface area contributed by atoms with Gasteiger partial charge in [0, 0.05) is 5.69 Å². The highest BCUT2D eigenvalue weighted by molar-refractivity contribution is 7.12. The van der Waals surface area contributed by atoms with Gasteiger partial charge in [0.15, 0.2) is 0 Å². The Bertz CT molecular complexity index is 508. The minimum Gasteiger partial charge on any atom is -0.321 e. The minimum atomic E-state index is -0.316. The van der Waals surface area contributed by atoms with E-state index in [1.807, 2.05) is 5.38 Å². The van der Waals surface area contributed by atoms with E-state index in [9.17, 15) is 9.18 Å². The SMILES string of the molecule is Cc1ccc(NC(=O)c2cccs2)cc1F. The topological polar surface area (TPSA) is 29.1 Å². The molecule has 0 aliphatic rings. The molecule has 2 rings (SSSR count). The van der Waals surface area contributed by atoms with E-state index in [0.717, 1.165) is 0 Å². The Labute approximate surface area is 96.7 Å². The molecule has 2 nitrogen and oxygen atoms in total. The standard InChI is InChI=1S/C12H10FNOS/c1-8-4-5-9(7-10(8)13)14-12(15)11-3-2-6-16-11/h2-7H,1H3,(H,14,15). The third kappa shape index (κ3) is 2.28. The molecule has 0 bridgehead atoms. The summed E-state index contributed by atoms with van der Waals surface area (Å²) in [5.41, 5.74) is 1.04. The fourth-order valence-electron chi connectivity index (χ4n) is 1.27. The van der Waals surface area contributed by atoms with E-state index in [2.05, 4.69) is 5.32 Å². The van der Waals surface area contributed by atoms with Gasteiger partial charge in [-0.15, -0.1) is 11.3 Å². The Hall–Kier alpha value is -1.68. The van der Waals surface area contributed by atoms with Crippen LogP contribution in [-0.2, 0) is 0 Å². The number of carbonyl (C=O) groups is 1. The lowest BCUT2D eigenvalue weighted by Crippen LogP contribution is -2.10. The highest BCUT2D eigenvalue weighted by Gasteiger charge is 2.07. The van der Waals surface area contributed by atoms with Crippen LogP contribution in [0, 0.1) is 12.7 Å². The van der Waals surface area contributed by atoms with Crippen molar-refractivity contribution >= 4 is 22.9 Å². The van der Waals surface area contributed by atoms with Gasteiger partial charge in [-0.1, -0.05) is 12.1 Å². The summed E-state index contributed by atoms with van der Waals surface area (Å²) in [7, 11) is 0. The van der Waals surface area contributed by atoms with E-state index in [1.54, 1.807) is 31.2 Å². The van der Waals surface area contributed by atoms with Gasteiger partial charge in [0.25, 0.3) is 5.91 Å². The molecular formula is C12H10FNOS. The summed E-state index contributed by atoms with van der Waals surface area (Å²) in [4.78, 5) is 12.3. The molecule has 1 heterocycles. The first-order valence-corrected chi connectivity index (χ1v) is 5.66. The zero-order valence-electron chi connectivity index (χ0n) is 8.66. The number of rotatable bonds is 2. The van der Waals surface area contributed by atoms with Crippen molar-refractivity contribution in [3.63, 3.8) is 0 Å². The van der Waals surface area contributed by atoms with Crippen molar-refractivity contribution in [1.82, 2.24) is 0 Å². The van der Waals surface area contributed by atoms with Crippen LogP contribution >= 0.6 is 11.3 Å². The van der Waals surface area contributed by atoms with Crippen LogP contribution in [0.15, 0.2) is 35.7 Å². The van der Waals surface area contributed by atoms with Gasteiger partial charge in [-0.2, -0.15) is 0 Å². The fraction of sp³-hybridized carbons (Fsp3) is 0.0833. The predicted octanol–water partition coefficient (Wildman–Crippen LogP) is 3.45. The first-order valence-electron chi connectivity index (χ1n) is 4.78. The summed E-state index contributed by atoms with van der Waals surface area (Å²) in [6, 6.07) is 8.17. The summed E-state index contributed by atoms with van der Waals surface area (Å²) in [5.74, 6) is -0.526. The average Bonchev–Trinajstić information content (AvgIpc) is 2.77. The van der Waals surface area contributed by atoms with Gasteiger partial charge in [-0.3, -0.25) is 4.79 Å². The van der Waals surface area contributed by atoms with Crippen molar-refractivity contribution in [2.75, 3.05) is 5.32 Å². The van der Waals surface area contributed by atoms with Crippen molar-refractivity contribution < 1.29 is 9.18 Å². The van der Waals surface area contributed by atoms with Gasteiger partial charge in [0.1, 0.15) is 5.82 Å².